The van der Waals surface area contributed by atoms with Gasteiger partial charge in [-0.15, -0.1) is 0 Å². The highest BCUT2D eigenvalue weighted by Gasteiger charge is 2.36. The van der Waals surface area contributed by atoms with E-state index in [1.54, 1.807) is 42.5 Å². The lowest BCUT2D eigenvalue weighted by molar-refractivity contribution is 0.0474. The summed E-state index contributed by atoms with van der Waals surface area (Å²) in [6.45, 7) is 3.30. The largest absolute Gasteiger partial charge is 0.454 e. The van der Waals surface area contributed by atoms with Crippen LogP contribution in [0.15, 0.2) is 66.7 Å². The summed E-state index contributed by atoms with van der Waals surface area (Å²) < 4.78 is 5.20. The number of aryl methyl sites for hydroxylation is 2. The molecule has 3 aromatic carbocycles. The number of anilines is 1. The van der Waals surface area contributed by atoms with E-state index in [0.29, 0.717) is 16.7 Å². The Morgan fingerprint density at radius 3 is 2.19 bits per heavy atom. The average molecular weight is 413 g/mol. The van der Waals surface area contributed by atoms with Crippen molar-refractivity contribution in [2.24, 2.45) is 0 Å². The quantitative estimate of drug-likeness (QED) is 0.357. The summed E-state index contributed by atoms with van der Waals surface area (Å²) in [6.07, 6.45) is 0. The zero-order chi connectivity index (χ0) is 22.1. The fourth-order valence-electron chi connectivity index (χ4n) is 3.52. The molecule has 0 saturated carbocycles. The van der Waals surface area contributed by atoms with Gasteiger partial charge in [-0.05, 0) is 55.8 Å². The molecule has 4 rings (SSSR count). The lowest BCUT2D eigenvalue weighted by atomic mass is 10.0. The second-order valence-corrected chi connectivity index (χ2v) is 7.36. The van der Waals surface area contributed by atoms with Crippen molar-refractivity contribution in [1.29, 1.82) is 0 Å². The minimum atomic E-state index is -0.711. The number of benzene rings is 3. The van der Waals surface area contributed by atoms with E-state index >= 15 is 0 Å². The molecule has 0 atom stereocenters. The number of ether oxygens (including phenoxy) is 1. The molecule has 0 unspecified atom stereocenters. The first-order valence-electron chi connectivity index (χ1n) is 9.72. The second kappa shape index (κ2) is 7.99. The molecule has 0 N–H and O–H groups in total. The Hall–Kier alpha value is -4.06. The number of amides is 2. The van der Waals surface area contributed by atoms with Crippen molar-refractivity contribution in [3.8, 4) is 0 Å². The molecule has 0 aliphatic carbocycles. The summed E-state index contributed by atoms with van der Waals surface area (Å²) in [6, 6.07) is 18.1. The van der Waals surface area contributed by atoms with Crippen molar-refractivity contribution in [3.05, 3.63) is 100 Å². The number of carbonyl (C=O) groups excluding carboxylic acids is 4. The standard InChI is InChI=1S/C25H19NO5/c1-15-10-11-16(2)21(12-15)22(27)14-31-25(30)17-6-5-7-18(13-17)26-23(28)19-8-3-4-9-20(19)24(26)29/h3-13H,14H2,1-2H3. The number of carbonyl (C=O) groups is 4. The molecule has 0 spiro atoms. The fraction of sp³-hybridized carbons (Fsp3) is 0.120. The molecule has 1 heterocycles. The smallest absolute Gasteiger partial charge is 0.338 e. The van der Waals surface area contributed by atoms with Gasteiger partial charge in [0.05, 0.1) is 22.4 Å². The van der Waals surface area contributed by atoms with E-state index in [1.807, 2.05) is 26.0 Å². The number of esters is 1. The molecule has 154 valence electrons. The summed E-state index contributed by atoms with van der Waals surface area (Å²) in [4.78, 5) is 51.3. The molecule has 6 heteroatoms. The van der Waals surface area contributed by atoms with Crippen LogP contribution in [0.1, 0.15) is 52.6 Å². The molecule has 0 bridgehead atoms. The van der Waals surface area contributed by atoms with Gasteiger partial charge in [0.2, 0.25) is 5.78 Å². The van der Waals surface area contributed by atoms with E-state index in [-0.39, 0.29) is 17.0 Å². The molecule has 0 saturated heterocycles. The summed E-state index contributed by atoms with van der Waals surface area (Å²) in [5.74, 6) is -1.91. The topological polar surface area (TPSA) is 80.8 Å². The number of fused-ring (bicyclic) bond motifs is 1. The molecular weight excluding hydrogens is 394 g/mol. The van der Waals surface area contributed by atoms with Crippen LogP contribution >= 0.6 is 0 Å². The van der Waals surface area contributed by atoms with Gasteiger partial charge in [-0.2, -0.15) is 0 Å². The molecule has 0 radical (unpaired) electrons. The van der Waals surface area contributed by atoms with Crippen LogP contribution in [0.4, 0.5) is 5.69 Å². The molecular formula is C25H19NO5. The van der Waals surface area contributed by atoms with Crippen molar-refractivity contribution in [2.75, 3.05) is 11.5 Å². The SMILES string of the molecule is Cc1ccc(C)c(C(=O)COC(=O)c2cccc(N3C(=O)c4ccccc4C3=O)c2)c1. The fourth-order valence-corrected chi connectivity index (χ4v) is 3.52. The number of hydrogen-bond donors (Lipinski definition) is 0. The number of Topliss-reactive ketones (excluding diaryl/α,β-unsaturated/α-hetero) is 1. The highest BCUT2D eigenvalue weighted by atomic mass is 16.5. The average Bonchev–Trinajstić information content (AvgIpc) is 3.04. The van der Waals surface area contributed by atoms with Gasteiger partial charge in [0.1, 0.15) is 0 Å². The minimum absolute atomic E-state index is 0.142. The van der Waals surface area contributed by atoms with Gasteiger partial charge in [-0.25, -0.2) is 9.69 Å². The van der Waals surface area contributed by atoms with Crippen LogP contribution in [0.2, 0.25) is 0 Å². The van der Waals surface area contributed by atoms with Crippen LogP contribution in [0, 0.1) is 13.8 Å². The summed E-state index contributed by atoms with van der Waals surface area (Å²) in [7, 11) is 0. The number of rotatable bonds is 5. The van der Waals surface area contributed by atoms with E-state index in [1.165, 1.54) is 12.1 Å². The maximum Gasteiger partial charge on any atom is 0.338 e. The van der Waals surface area contributed by atoms with Gasteiger partial charge >= 0.3 is 5.97 Å². The Morgan fingerprint density at radius 2 is 1.52 bits per heavy atom. The summed E-state index contributed by atoms with van der Waals surface area (Å²) >= 11 is 0. The Labute approximate surface area is 179 Å². The van der Waals surface area contributed by atoms with Crippen molar-refractivity contribution in [3.63, 3.8) is 0 Å². The van der Waals surface area contributed by atoms with Crippen molar-refractivity contribution < 1.29 is 23.9 Å². The first-order valence-corrected chi connectivity index (χ1v) is 9.72. The van der Waals surface area contributed by atoms with E-state index in [0.717, 1.165) is 16.0 Å². The van der Waals surface area contributed by atoms with Gasteiger partial charge < -0.3 is 4.74 Å². The van der Waals surface area contributed by atoms with Gasteiger partial charge in [0, 0.05) is 5.56 Å². The van der Waals surface area contributed by atoms with Crippen LogP contribution in [0.5, 0.6) is 0 Å². The number of ketones is 1. The number of nitrogens with zero attached hydrogens (tertiary/aromatic N) is 1. The maximum atomic E-state index is 12.7. The van der Waals surface area contributed by atoms with E-state index in [9.17, 15) is 19.2 Å². The van der Waals surface area contributed by atoms with Crippen LogP contribution in [0.3, 0.4) is 0 Å². The Kier molecular flexibility index (Phi) is 5.21. The van der Waals surface area contributed by atoms with Gasteiger partial charge in [0.15, 0.2) is 6.61 Å². The van der Waals surface area contributed by atoms with E-state index < -0.39 is 24.4 Å². The molecule has 0 aromatic heterocycles. The molecule has 1 aliphatic heterocycles. The van der Waals surface area contributed by atoms with Gasteiger partial charge in [-0.1, -0.05) is 35.9 Å². The molecule has 2 amide bonds. The molecule has 3 aromatic rings. The summed E-state index contributed by atoms with van der Waals surface area (Å²) in [5, 5.41) is 0. The van der Waals surface area contributed by atoms with Crippen molar-refractivity contribution in [1.82, 2.24) is 0 Å². The van der Waals surface area contributed by atoms with Crippen LogP contribution < -0.4 is 4.90 Å². The maximum absolute atomic E-state index is 12.7. The van der Waals surface area contributed by atoms with E-state index in [2.05, 4.69) is 0 Å². The zero-order valence-electron chi connectivity index (χ0n) is 17.0. The first kappa shape index (κ1) is 20.2. The highest BCUT2D eigenvalue weighted by molar-refractivity contribution is 6.34. The van der Waals surface area contributed by atoms with Crippen LogP contribution in [0.25, 0.3) is 0 Å². The van der Waals surface area contributed by atoms with Gasteiger partial charge in [-0.3, -0.25) is 14.4 Å². The second-order valence-electron chi connectivity index (χ2n) is 7.36. The van der Waals surface area contributed by atoms with Crippen LogP contribution in [-0.2, 0) is 4.74 Å². The molecule has 31 heavy (non-hydrogen) atoms. The van der Waals surface area contributed by atoms with Crippen molar-refractivity contribution >= 4 is 29.3 Å². The zero-order valence-corrected chi connectivity index (χ0v) is 17.0. The van der Waals surface area contributed by atoms with E-state index in [4.69, 9.17) is 4.74 Å². The normalized spacial score (nSPS) is 12.6. The predicted molar refractivity (Wildman–Crippen MR) is 115 cm³/mol. The number of hydrogen-bond acceptors (Lipinski definition) is 5. The number of imide groups is 1. The Balaban J connectivity index is 1.51. The molecule has 1 aliphatic rings. The van der Waals surface area contributed by atoms with Crippen LogP contribution in [-0.4, -0.2) is 30.2 Å². The van der Waals surface area contributed by atoms with Crippen molar-refractivity contribution in [2.45, 2.75) is 13.8 Å². The monoisotopic (exact) mass is 413 g/mol. The third-order valence-corrected chi connectivity index (χ3v) is 5.16. The summed E-state index contributed by atoms with van der Waals surface area (Å²) in [5.41, 5.74) is 3.30. The van der Waals surface area contributed by atoms with Gasteiger partial charge in [0.25, 0.3) is 11.8 Å². The molecule has 0 fully saturated rings. The Morgan fingerprint density at radius 1 is 0.839 bits per heavy atom. The predicted octanol–water partition coefficient (Wildman–Crippen LogP) is 4.14. The first-order chi connectivity index (χ1) is 14.9. The lowest BCUT2D eigenvalue weighted by Crippen LogP contribution is -2.29. The highest BCUT2D eigenvalue weighted by Crippen LogP contribution is 2.28. The minimum Gasteiger partial charge on any atom is -0.454 e. The molecule has 6 nitrogen and oxygen atoms in total. The third kappa shape index (κ3) is 3.75. The Bertz CT molecular complexity index is 1210. The third-order valence-electron chi connectivity index (χ3n) is 5.16. The lowest BCUT2D eigenvalue weighted by Gasteiger charge is -2.15.